The van der Waals surface area contributed by atoms with E-state index in [1.54, 1.807) is 17.1 Å². The van der Waals surface area contributed by atoms with Gasteiger partial charge in [0.2, 0.25) is 0 Å². The first-order valence-electron chi connectivity index (χ1n) is 3.63. The molecule has 0 saturated carbocycles. The van der Waals surface area contributed by atoms with Gasteiger partial charge in [0.25, 0.3) is 0 Å². The van der Waals surface area contributed by atoms with Gasteiger partial charge in [-0.05, 0) is 15.9 Å². The van der Waals surface area contributed by atoms with Crippen LogP contribution in [0.4, 0.5) is 4.39 Å². The van der Waals surface area contributed by atoms with E-state index in [-0.39, 0.29) is 19.8 Å². The lowest BCUT2D eigenvalue weighted by Gasteiger charge is -2.33. The fourth-order valence-electron chi connectivity index (χ4n) is 1.13. The molecule has 2 rings (SSSR count). The second-order valence-corrected chi connectivity index (χ2v) is 3.92. The summed E-state index contributed by atoms with van der Waals surface area (Å²) in [6.07, 6.45) is 3.39. The van der Waals surface area contributed by atoms with E-state index in [1.165, 1.54) is 0 Å². The quantitative estimate of drug-likeness (QED) is 0.774. The summed E-state index contributed by atoms with van der Waals surface area (Å²) in [5, 5.41) is 3.96. The van der Waals surface area contributed by atoms with Gasteiger partial charge in [-0.2, -0.15) is 5.10 Å². The molecule has 0 aromatic carbocycles. The molecule has 1 aromatic heterocycles. The lowest BCUT2D eigenvalue weighted by molar-refractivity contribution is -0.138. The Morgan fingerprint density at radius 1 is 1.75 bits per heavy atom. The highest BCUT2D eigenvalue weighted by Crippen LogP contribution is 2.24. The topological polar surface area (TPSA) is 27.1 Å². The normalized spacial score (nSPS) is 20.5. The molecule has 12 heavy (non-hydrogen) atoms. The van der Waals surface area contributed by atoms with E-state index in [0.717, 1.165) is 4.47 Å². The molecule has 0 radical (unpaired) electrons. The molecule has 5 heteroatoms. The molecule has 1 aromatic rings. The number of nitrogens with zero attached hydrogens (tertiary/aromatic N) is 2. The Morgan fingerprint density at radius 2 is 2.50 bits per heavy atom. The van der Waals surface area contributed by atoms with Crippen LogP contribution in [0.3, 0.4) is 0 Å². The van der Waals surface area contributed by atoms with E-state index < -0.39 is 5.67 Å². The molecular weight excluding hydrogens is 227 g/mol. The Balaban J connectivity index is 2.03. The van der Waals surface area contributed by atoms with Gasteiger partial charge in [0.15, 0.2) is 5.67 Å². The van der Waals surface area contributed by atoms with E-state index >= 15 is 0 Å². The zero-order chi connectivity index (χ0) is 8.60. The second kappa shape index (κ2) is 2.81. The van der Waals surface area contributed by atoms with Crippen LogP contribution >= 0.6 is 15.9 Å². The minimum Gasteiger partial charge on any atom is -0.374 e. The highest BCUT2D eigenvalue weighted by atomic mass is 79.9. The van der Waals surface area contributed by atoms with Crippen LogP contribution in [-0.2, 0) is 11.3 Å². The molecule has 1 saturated heterocycles. The molecule has 0 N–H and O–H groups in total. The first kappa shape index (κ1) is 8.19. The largest absolute Gasteiger partial charge is 0.374 e. The Bertz CT molecular complexity index is 285. The van der Waals surface area contributed by atoms with Crippen molar-refractivity contribution in [3.63, 3.8) is 0 Å². The molecule has 1 aliphatic rings. The number of aromatic nitrogens is 2. The first-order chi connectivity index (χ1) is 5.68. The van der Waals surface area contributed by atoms with E-state index in [1.807, 2.05) is 0 Å². The number of hydrogen-bond donors (Lipinski definition) is 0. The van der Waals surface area contributed by atoms with Gasteiger partial charge in [-0.25, -0.2) is 4.39 Å². The summed E-state index contributed by atoms with van der Waals surface area (Å²) in [5.74, 6) is 0. The molecule has 1 fully saturated rings. The molecule has 0 amide bonds. The van der Waals surface area contributed by atoms with E-state index in [4.69, 9.17) is 4.74 Å². The van der Waals surface area contributed by atoms with Crippen LogP contribution in [0, 0.1) is 0 Å². The van der Waals surface area contributed by atoms with Crippen LogP contribution in [0.2, 0.25) is 0 Å². The van der Waals surface area contributed by atoms with Gasteiger partial charge in [-0.15, -0.1) is 0 Å². The van der Waals surface area contributed by atoms with Crippen molar-refractivity contribution in [2.45, 2.75) is 12.2 Å². The van der Waals surface area contributed by atoms with Gasteiger partial charge in [0.05, 0.1) is 30.4 Å². The van der Waals surface area contributed by atoms with Crippen molar-refractivity contribution in [1.29, 1.82) is 0 Å². The fourth-order valence-corrected chi connectivity index (χ4v) is 1.46. The van der Waals surface area contributed by atoms with E-state index in [0.29, 0.717) is 0 Å². The van der Waals surface area contributed by atoms with E-state index in [9.17, 15) is 4.39 Å². The summed E-state index contributed by atoms with van der Waals surface area (Å²) >= 11 is 3.24. The lowest BCUT2D eigenvalue weighted by atomic mass is 10.1. The third-order valence-corrected chi connectivity index (χ3v) is 2.18. The highest BCUT2D eigenvalue weighted by molar-refractivity contribution is 9.10. The summed E-state index contributed by atoms with van der Waals surface area (Å²) in [6, 6.07) is 0. The third kappa shape index (κ3) is 1.51. The summed E-state index contributed by atoms with van der Waals surface area (Å²) in [6.45, 7) is 0.646. The molecule has 0 aliphatic carbocycles. The standard InChI is InChI=1S/C7H8BrFN2O/c8-6-1-10-11(2-6)3-7(9)4-12-5-7/h1-2H,3-5H2. The van der Waals surface area contributed by atoms with Crippen LogP contribution in [0.1, 0.15) is 0 Å². The van der Waals surface area contributed by atoms with Gasteiger partial charge in [-0.3, -0.25) is 4.68 Å². The molecule has 2 heterocycles. The molecular formula is C7H8BrFN2O. The number of halogens is 2. The predicted molar refractivity (Wildman–Crippen MR) is 44.6 cm³/mol. The third-order valence-electron chi connectivity index (χ3n) is 1.77. The minimum absolute atomic E-state index is 0.185. The summed E-state index contributed by atoms with van der Waals surface area (Å²) < 4.78 is 20.6. The van der Waals surface area contributed by atoms with Crippen LogP contribution in [0.25, 0.3) is 0 Å². The van der Waals surface area contributed by atoms with Crippen LogP contribution in [0.5, 0.6) is 0 Å². The zero-order valence-corrected chi connectivity index (χ0v) is 7.92. The molecule has 0 spiro atoms. The molecule has 66 valence electrons. The van der Waals surface area contributed by atoms with Gasteiger partial charge >= 0.3 is 0 Å². The average Bonchev–Trinajstić information content (AvgIpc) is 2.32. The van der Waals surface area contributed by atoms with Crippen molar-refractivity contribution in [3.05, 3.63) is 16.9 Å². The smallest absolute Gasteiger partial charge is 0.176 e. The maximum absolute atomic E-state index is 13.4. The zero-order valence-electron chi connectivity index (χ0n) is 6.33. The molecule has 3 nitrogen and oxygen atoms in total. The van der Waals surface area contributed by atoms with E-state index in [2.05, 4.69) is 21.0 Å². The van der Waals surface area contributed by atoms with Gasteiger partial charge in [-0.1, -0.05) is 0 Å². The molecule has 0 atom stereocenters. The average molecular weight is 235 g/mol. The summed E-state index contributed by atoms with van der Waals surface area (Å²) in [4.78, 5) is 0. The molecule has 0 unspecified atom stereocenters. The maximum atomic E-state index is 13.4. The van der Waals surface area contributed by atoms with Crippen molar-refractivity contribution >= 4 is 15.9 Å². The Hall–Kier alpha value is -0.420. The van der Waals surface area contributed by atoms with Crippen LogP contribution < -0.4 is 0 Å². The van der Waals surface area contributed by atoms with Crippen molar-refractivity contribution in [3.8, 4) is 0 Å². The summed E-state index contributed by atoms with van der Waals surface area (Å²) in [5.41, 5.74) is -1.20. The first-order valence-corrected chi connectivity index (χ1v) is 4.42. The monoisotopic (exact) mass is 234 g/mol. The molecule has 1 aliphatic heterocycles. The second-order valence-electron chi connectivity index (χ2n) is 3.00. The Morgan fingerprint density at radius 3 is 2.92 bits per heavy atom. The predicted octanol–water partition coefficient (Wildman–Crippen LogP) is 1.38. The Labute approximate surface area is 77.6 Å². The maximum Gasteiger partial charge on any atom is 0.176 e. The van der Waals surface area contributed by atoms with Gasteiger partial charge < -0.3 is 4.74 Å². The van der Waals surface area contributed by atoms with Crippen molar-refractivity contribution < 1.29 is 9.13 Å². The van der Waals surface area contributed by atoms with Gasteiger partial charge in [0, 0.05) is 6.20 Å². The van der Waals surface area contributed by atoms with Crippen LogP contribution in [-0.4, -0.2) is 28.7 Å². The molecule has 0 bridgehead atoms. The highest BCUT2D eigenvalue weighted by Gasteiger charge is 2.39. The summed E-state index contributed by atoms with van der Waals surface area (Å²) in [7, 11) is 0. The Kier molecular flexibility index (Phi) is 1.92. The number of hydrogen-bond acceptors (Lipinski definition) is 2. The number of alkyl halides is 1. The van der Waals surface area contributed by atoms with Crippen LogP contribution in [0.15, 0.2) is 16.9 Å². The lowest BCUT2D eigenvalue weighted by Crippen LogP contribution is -2.48. The SMILES string of the molecule is FC1(Cn2cc(Br)cn2)COC1. The van der Waals surface area contributed by atoms with Crippen molar-refractivity contribution in [2.24, 2.45) is 0 Å². The minimum atomic E-state index is -1.20. The van der Waals surface area contributed by atoms with Gasteiger partial charge in [0.1, 0.15) is 0 Å². The van der Waals surface area contributed by atoms with Crippen molar-refractivity contribution in [1.82, 2.24) is 9.78 Å². The number of rotatable bonds is 2. The van der Waals surface area contributed by atoms with Crippen molar-refractivity contribution in [2.75, 3.05) is 13.2 Å². The number of ether oxygens (including phenoxy) is 1. The fraction of sp³-hybridized carbons (Fsp3) is 0.571.